The second-order valence-corrected chi connectivity index (χ2v) is 7.73. The number of hydrogen-bond donors (Lipinski definition) is 0. The maximum absolute atomic E-state index is 13.7. The summed E-state index contributed by atoms with van der Waals surface area (Å²) in [4.78, 5) is 32.4. The third-order valence-electron chi connectivity index (χ3n) is 4.80. The van der Waals surface area contributed by atoms with Crippen molar-refractivity contribution in [3.63, 3.8) is 0 Å². The molecule has 1 fully saturated rings. The fourth-order valence-corrected chi connectivity index (χ4v) is 3.99. The lowest BCUT2D eigenvalue weighted by atomic mass is 10.2. The Labute approximate surface area is 178 Å². The minimum absolute atomic E-state index is 0.0632. The topological polar surface area (TPSA) is 80.0 Å². The lowest BCUT2D eigenvalue weighted by Gasteiger charge is -2.33. The summed E-state index contributed by atoms with van der Waals surface area (Å²) in [5.74, 6) is -0.514. The molecule has 4 heterocycles. The molecule has 12 heteroatoms. The maximum Gasteiger partial charge on any atom is 0.433 e. The molecule has 0 N–H and O–H groups in total. The summed E-state index contributed by atoms with van der Waals surface area (Å²) in [6.45, 7) is 2.95. The summed E-state index contributed by atoms with van der Waals surface area (Å²) < 4.78 is 46.6. The smallest absolute Gasteiger partial charge is 0.433 e. The van der Waals surface area contributed by atoms with Gasteiger partial charge in [-0.05, 0) is 24.4 Å². The predicted molar refractivity (Wildman–Crippen MR) is 106 cm³/mol. The summed E-state index contributed by atoms with van der Waals surface area (Å²) >= 11 is 1.27. The molecule has 1 aliphatic rings. The van der Waals surface area contributed by atoms with E-state index in [1.807, 2.05) is 0 Å². The number of amides is 2. The van der Waals surface area contributed by atoms with Crippen LogP contribution in [0.4, 0.5) is 18.0 Å². The van der Waals surface area contributed by atoms with E-state index < -0.39 is 23.9 Å². The van der Waals surface area contributed by atoms with Crippen LogP contribution in [0.5, 0.6) is 0 Å². The van der Waals surface area contributed by atoms with Crippen LogP contribution < -0.4 is 0 Å². The Morgan fingerprint density at radius 2 is 1.87 bits per heavy atom. The van der Waals surface area contributed by atoms with Gasteiger partial charge in [0.1, 0.15) is 0 Å². The summed E-state index contributed by atoms with van der Waals surface area (Å²) in [5.41, 5.74) is -1.04. The van der Waals surface area contributed by atoms with Gasteiger partial charge >= 0.3 is 12.3 Å². The number of halogens is 3. The Bertz CT molecular complexity index is 1110. The van der Waals surface area contributed by atoms with Crippen molar-refractivity contribution in [3.05, 3.63) is 41.0 Å². The zero-order chi connectivity index (χ0) is 22.2. The van der Waals surface area contributed by atoms with Gasteiger partial charge in [-0.25, -0.2) is 14.3 Å². The third kappa shape index (κ3) is 4.20. The highest BCUT2D eigenvalue weighted by molar-refractivity contribution is 7.13. The number of piperazine rings is 1. The highest BCUT2D eigenvalue weighted by Crippen LogP contribution is 2.33. The first kappa shape index (κ1) is 21.1. The van der Waals surface area contributed by atoms with E-state index in [2.05, 4.69) is 10.1 Å². The van der Waals surface area contributed by atoms with Crippen LogP contribution in [0.25, 0.3) is 16.2 Å². The van der Waals surface area contributed by atoms with E-state index in [0.29, 0.717) is 9.39 Å². The van der Waals surface area contributed by atoms with Gasteiger partial charge in [0.05, 0.1) is 17.2 Å². The number of rotatable bonds is 3. The molecule has 0 spiro atoms. The van der Waals surface area contributed by atoms with Crippen molar-refractivity contribution in [2.75, 3.05) is 32.8 Å². The number of carbonyl (C=O) groups excluding carboxylic acids is 2. The number of thiophene rings is 1. The summed E-state index contributed by atoms with van der Waals surface area (Å²) in [6.07, 6.45) is -5.13. The van der Waals surface area contributed by atoms with Gasteiger partial charge in [-0.1, -0.05) is 6.07 Å². The van der Waals surface area contributed by atoms with Crippen molar-refractivity contribution < 1.29 is 27.5 Å². The first-order chi connectivity index (χ1) is 14.8. The Hall–Kier alpha value is -3.15. The maximum atomic E-state index is 13.7. The van der Waals surface area contributed by atoms with Gasteiger partial charge in [-0.2, -0.15) is 18.3 Å². The van der Waals surface area contributed by atoms with Crippen LogP contribution in [0, 0.1) is 0 Å². The van der Waals surface area contributed by atoms with Gasteiger partial charge in [-0.15, -0.1) is 11.3 Å². The summed E-state index contributed by atoms with van der Waals surface area (Å²) in [5, 5.41) is 5.65. The molecule has 0 aromatic carbocycles. The molecule has 3 aromatic heterocycles. The molecule has 0 unspecified atom stereocenters. The highest BCUT2D eigenvalue weighted by Gasteiger charge is 2.36. The van der Waals surface area contributed by atoms with E-state index in [0.717, 1.165) is 6.07 Å². The van der Waals surface area contributed by atoms with E-state index in [4.69, 9.17) is 4.74 Å². The minimum atomic E-state index is -4.68. The molecule has 4 rings (SSSR count). The van der Waals surface area contributed by atoms with Crippen molar-refractivity contribution >= 4 is 29.0 Å². The Kier molecular flexibility index (Phi) is 5.56. The average molecular weight is 453 g/mol. The van der Waals surface area contributed by atoms with Crippen LogP contribution in [-0.2, 0) is 10.9 Å². The largest absolute Gasteiger partial charge is 0.450 e. The second kappa shape index (κ2) is 8.17. The molecule has 1 aliphatic heterocycles. The SMILES string of the molecule is CCOC(=O)N1CCN(C(=O)c2cc3nc(-c4cccs4)cc(C(F)(F)F)n3n2)CC1. The molecular formula is C19H18F3N5O3S. The van der Waals surface area contributed by atoms with Crippen LogP contribution in [0.1, 0.15) is 23.1 Å². The minimum Gasteiger partial charge on any atom is -0.450 e. The van der Waals surface area contributed by atoms with Crippen molar-refractivity contribution in [3.8, 4) is 10.6 Å². The van der Waals surface area contributed by atoms with Gasteiger partial charge in [-0.3, -0.25) is 4.79 Å². The fourth-order valence-electron chi connectivity index (χ4n) is 3.30. The monoisotopic (exact) mass is 453 g/mol. The van der Waals surface area contributed by atoms with E-state index in [1.54, 1.807) is 24.4 Å². The first-order valence-electron chi connectivity index (χ1n) is 9.51. The van der Waals surface area contributed by atoms with Crippen molar-refractivity contribution in [2.24, 2.45) is 0 Å². The second-order valence-electron chi connectivity index (χ2n) is 6.78. The van der Waals surface area contributed by atoms with Gasteiger partial charge in [0.15, 0.2) is 17.0 Å². The number of ether oxygens (including phenoxy) is 1. The standard InChI is InChI=1S/C19H18F3N5O3S/c1-2-30-18(29)26-7-5-25(6-8-26)17(28)13-11-16-23-12(14-4-3-9-31-14)10-15(19(20,21)22)27(16)24-13/h3-4,9-11H,2,5-8H2,1H3. The van der Waals surface area contributed by atoms with E-state index in [-0.39, 0.29) is 49.8 Å². The highest BCUT2D eigenvalue weighted by atomic mass is 32.1. The molecule has 2 amide bonds. The molecule has 164 valence electrons. The van der Waals surface area contributed by atoms with Gasteiger partial charge in [0.2, 0.25) is 0 Å². The summed E-state index contributed by atoms with van der Waals surface area (Å²) in [6, 6.07) is 5.58. The van der Waals surface area contributed by atoms with Crippen molar-refractivity contribution in [1.82, 2.24) is 24.4 Å². The molecule has 0 atom stereocenters. The molecule has 0 radical (unpaired) electrons. The normalized spacial score (nSPS) is 14.8. The van der Waals surface area contributed by atoms with Crippen LogP contribution in [0.2, 0.25) is 0 Å². The molecule has 3 aromatic rings. The van der Waals surface area contributed by atoms with Crippen LogP contribution >= 0.6 is 11.3 Å². The van der Waals surface area contributed by atoms with Crippen molar-refractivity contribution in [1.29, 1.82) is 0 Å². The zero-order valence-corrected chi connectivity index (χ0v) is 17.2. The van der Waals surface area contributed by atoms with Crippen LogP contribution in [0.15, 0.2) is 29.6 Å². The fraction of sp³-hybridized carbons (Fsp3) is 0.368. The molecular weight excluding hydrogens is 435 g/mol. The number of hydrogen-bond acceptors (Lipinski definition) is 6. The molecule has 0 saturated carbocycles. The van der Waals surface area contributed by atoms with Crippen LogP contribution in [0.3, 0.4) is 0 Å². The number of fused-ring (bicyclic) bond motifs is 1. The van der Waals surface area contributed by atoms with Crippen LogP contribution in [-0.4, -0.2) is 69.2 Å². The predicted octanol–water partition coefficient (Wildman–Crippen LogP) is 3.39. The Morgan fingerprint density at radius 3 is 2.48 bits per heavy atom. The Morgan fingerprint density at radius 1 is 1.16 bits per heavy atom. The number of aromatic nitrogens is 3. The lowest BCUT2D eigenvalue weighted by Crippen LogP contribution is -2.50. The Balaban J connectivity index is 1.62. The molecule has 1 saturated heterocycles. The molecule has 8 nitrogen and oxygen atoms in total. The average Bonchev–Trinajstić information content (AvgIpc) is 3.42. The number of nitrogens with zero attached hydrogens (tertiary/aromatic N) is 5. The van der Waals surface area contributed by atoms with Crippen molar-refractivity contribution in [2.45, 2.75) is 13.1 Å². The lowest BCUT2D eigenvalue weighted by molar-refractivity contribution is -0.142. The van der Waals surface area contributed by atoms with E-state index >= 15 is 0 Å². The number of carbonyl (C=O) groups is 2. The number of alkyl halides is 3. The molecule has 0 bridgehead atoms. The first-order valence-corrected chi connectivity index (χ1v) is 10.4. The molecule has 31 heavy (non-hydrogen) atoms. The van der Waals surface area contributed by atoms with Gasteiger partial charge in [0, 0.05) is 32.2 Å². The third-order valence-corrected chi connectivity index (χ3v) is 5.70. The zero-order valence-electron chi connectivity index (χ0n) is 16.4. The summed E-state index contributed by atoms with van der Waals surface area (Å²) in [7, 11) is 0. The van der Waals surface area contributed by atoms with E-state index in [9.17, 15) is 22.8 Å². The molecule has 0 aliphatic carbocycles. The van der Waals surface area contributed by atoms with E-state index in [1.165, 1.54) is 27.2 Å². The quantitative estimate of drug-likeness (QED) is 0.608. The van der Waals surface area contributed by atoms with Gasteiger partial charge in [0.25, 0.3) is 5.91 Å². The van der Waals surface area contributed by atoms with Gasteiger partial charge < -0.3 is 14.5 Å².